The van der Waals surface area contributed by atoms with Crippen molar-refractivity contribution in [1.82, 2.24) is 4.90 Å². The molecule has 4 nitrogen and oxygen atoms in total. The standard InChI is InChI=1S/C20H25NO3/c1-14(20(24)16-7-11-18(23)12-8-16)21-13-3-2-4-19(21)15-5-9-17(22)10-6-15/h5-12,14,19-20,22-24H,2-4,13H2,1H3. The van der Waals surface area contributed by atoms with E-state index in [0.29, 0.717) is 0 Å². The van der Waals surface area contributed by atoms with Crippen LogP contribution in [0.15, 0.2) is 48.5 Å². The van der Waals surface area contributed by atoms with Crippen molar-refractivity contribution in [3.63, 3.8) is 0 Å². The van der Waals surface area contributed by atoms with Gasteiger partial charge in [-0.25, -0.2) is 0 Å². The number of rotatable bonds is 4. The van der Waals surface area contributed by atoms with Gasteiger partial charge >= 0.3 is 0 Å². The van der Waals surface area contributed by atoms with Gasteiger partial charge in [0.1, 0.15) is 11.5 Å². The molecule has 2 aromatic carbocycles. The molecule has 3 atom stereocenters. The summed E-state index contributed by atoms with van der Waals surface area (Å²) in [5.74, 6) is 0.483. The summed E-state index contributed by atoms with van der Waals surface area (Å²) < 4.78 is 0. The van der Waals surface area contributed by atoms with Crippen LogP contribution in [-0.2, 0) is 0 Å². The van der Waals surface area contributed by atoms with Crippen LogP contribution in [0.1, 0.15) is 49.5 Å². The van der Waals surface area contributed by atoms with Gasteiger partial charge in [-0.3, -0.25) is 4.90 Å². The zero-order valence-electron chi connectivity index (χ0n) is 14.0. The van der Waals surface area contributed by atoms with E-state index in [4.69, 9.17) is 0 Å². The van der Waals surface area contributed by atoms with Gasteiger partial charge in [0.25, 0.3) is 0 Å². The molecule has 0 saturated carbocycles. The molecule has 1 heterocycles. The van der Waals surface area contributed by atoms with Gasteiger partial charge in [0.15, 0.2) is 0 Å². The lowest BCUT2D eigenvalue weighted by Gasteiger charge is -2.42. The molecule has 0 bridgehead atoms. The number of aliphatic hydroxyl groups excluding tert-OH is 1. The van der Waals surface area contributed by atoms with Crippen LogP contribution in [0, 0.1) is 0 Å². The van der Waals surface area contributed by atoms with Crippen molar-refractivity contribution in [2.75, 3.05) is 6.54 Å². The average Bonchev–Trinajstić information content (AvgIpc) is 2.62. The van der Waals surface area contributed by atoms with E-state index in [-0.39, 0.29) is 23.6 Å². The third-order valence-electron chi connectivity index (χ3n) is 5.04. The number of piperidine rings is 1. The Kier molecular flexibility index (Phi) is 5.07. The number of hydrogen-bond donors (Lipinski definition) is 3. The molecule has 0 amide bonds. The first-order valence-corrected chi connectivity index (χ1v) is 8.58. The van der Waals surface area contributed by atoms with Crippen LogP contribution < -0.4 is 0 Å². The summed E-state index contributed by atoms with van der Waals surface area (Å²) in [5, 5.41) is 29.7. The number of phenolic OH excluding ortho intramolecular Hbond substituents is 2. The summed E-state index contributed by atoms with van der Waals surface area (Å²) in [4.78, 5) is 2.35. The Hall–Kier alpha value is -2.04. The van der Waals surface area contributed by atoms with Gasteiger partial charge in [0, 0.05) is 12.1 Å². The van der Waals surface area contributed by atoms with Crippen molar-refractivity contribution in [3.05, 3.63) is 59.7 Å². The van der Waals surface area contributed by atoms with Crippen molar-refractivity contribution in [2.45, 2.75) is 44.4 Å². The highest BCUT2D eigenvalue weighted by Gasteiger charge is 2.31. The van der Waals surface area contributed by atoms with Crippen LogP contribution in [0.2, 0.25) is 0 Å². The van der Waals surface area contributed by atoms with E-state index in [2.05, 4.69) is 11.8 Å². The number of likely N-dealkylation sites (tertiary alicyclic amines) is 1. The van der Waals surface area contributed by atoms with E-state index >= 15 is 0 Å². The van der Waals surface area contributed by atoms with E-state index in [9.17, 15) is 15.3 Å². The Balaban J connectivity index is 1.81. The Morgan fingerprint density at radius 2 is 1.50 bits per heavy atom. The first-order chi connectivity index (χ1) is 11.6. The average molecular weight is 327 g/mol. The highest BCUT2D eigenvalue weighted by atomic mass is 16.3. The molecule has 1 aliphatic heterocycles. The van der Waals surface area contributed by atoms with Crippen molar-refractivity contribution in [3.8, 4) is 11.5 Å². The predicted octanol–water partition coefficient (Wildman–Crippen LogP) is 3.75. The minimum Gasteiger partial charge on any atom is -0.508 e. The molecule has 0 aliphatic carbocycles. The van der Waals surface area contributed by atoms with Crippen LogP contribution in [0.4, 0.5) is 0 Å². The Labute approximate surface area is 143 Å². The number of aromatic hydroxyl groups is 2. The molecule has 1 aliphatic rings. The number of hydrogen-bond acceptors (Lipinski definition) is 4. The second-order valence-corrected chi connectivity index (χ2v) is 6.62. The summed E-state index contributed by atoms with van der Waals surface area (Å²) in [5.41, 5.74) is 1.99. The quantitative estimate of drug-likeness (QED) is 0.800. The maximum atomic E-state index is 10.8. The van der Waals surface area contributed by atoms with Crippen LogP contribution in [-0.4, -0.2) is 32.8 Å². The van der Waals surface area contributed by atoms with Crippen molar-refractivity contribution in [2.24, 2.45) is 0 Å². The third-order valence-corrected chi connectivity index (χ3v) is 5.04. The van der Waals surface area contributed by atoms with Crippen LogP contribution in [0.25, 0.3) is 0 Å². The lowest BCUT2D eigenvalue weighted by Crippen LogP contribution is -2.43. The van der Waals surface area contributed by atoms with Gasteiger partial charge < -0.3 is 15.3 Å². The highest BCUT2D eigenvalue weighted by molar-refractivity contribution is 5.30. The van der Waals surface area contributed by atoms with Gasteiger partial charge in [0.2, 0.25) is 0 Å². The maximum Gasteiger partial charge on any atom is 0.115 e. The van der Waals surface area contributed by atoms with Crippen LogP contribution >= 0.6 is 0 Å². The Morgan fingerprint density at radius 3 is 2.12 bits per heavy atom. The van der Waals surface area contributed by atoms with Crippen molar-refractivity contribution in [1.29, 1.82) is 0 Å². The molecular weight excluding hydrogens is 302 g/mol. The van der Waals surface area contributed by atoms with Crippen LogP contribution in [0.3, 0.4) is 0 Å². The van der Waals surface area contributed by atoms with Gasteiger partial charge in [-0.05, 0) is 61.7 Å². The summed E-state index contributed by atoms with van der Waals surface area (Å²) >= 11 is 0. The van der Waals surface area contributed by atoms with E-state index in [1.807, 2.05) is 12.1 Å². The highest BCUT2D eigenvalue weighted by Crippen LogP contribution is 2.36. The van der Waals surface area contributed by atoms with Crippen molar-refractivity contribution < 1.29 is 15.3 Å². The van der Waals surface area contributed by atoms with Crippen LogP contribution in [0.5, 0.6) is 11.5 Å². The molecule has 3 unspecified atom stereocenters. The fraction of sp³-hybridized carbons (Fsp3) is 0.400. The summed E-state index contributed by atoms with van der Waals surface area (Å²) in [6.07, 6.45) is 2.74. The topological polar surface area (TPSA) is 63.9 Å². The Bertz CT molecular complexity index is 654. The molecule has 3 N–H and O–H groups in total. The largest absolute Gasteiger partial charge is 0.508 e. The third kappa shape index (κ3) is 3.55. The van der Waals surface area contributed by atoms with Gasteiger partial charge in [-0.1, -0.05) is 30.7 Å². The molecule has 1 saturated heterocycles. The second kappa shape index (κ2) is 7.24. The molecule has 128 valence electrons. The minimum atomic E-state index is -0.608. The zero-order chi connectivity index (χ0) is 17.1. The lowest BCUT2D eigenvalue weighted by molar-refractivity contribution is 0.0145. The first-order valence-electron chi connectivity index (χ1n) is 8.58. The second-order valence-electron chi connectivity index (χ2n) is 6.62. The number of nitrogens with zero attached hydrogens (tertiary/aromatic N) is 1. The molecule has 24 heavy (non-hydrogen) atoms. The monoisotopic (exact) mass is 327 g/mol. The lowest BCUT2D eigenvalue weighted by atomic mass is 9.91. The number of benzene rings is 2. The fourth-order valence-electron chi connectivity index (χ4n) is 3.63. The first kappa shape index (κ1) is 16.8. The van der Waals surface area contributed by atoms with Gasteiger partial charge in [-0.2, -0.15) is 0 Å². The molecule has 2 aromatic rings. The van der Waals surface area contributed by atoms with Crippen molar-refractivity contribution >= 4 is 0 Å². The Morgan fingerprint density at radius 1 is 0.917 bits per heavy atom. The SMILES string of the molecule is CC(C(O)c1ccc(O)cc1)N1CCCCC1c1ccc(O)cc1. The summed E-state index contributed by atoms with van der Waals surface area (Å²) in [7, 11) is 0. The molecule has 4 heteroatoms. The zero-order valence-corrected chi connectivity index (χ0v) is 14.0. The normalized spacial score (nSPS) is 21.3. The van der Waals surface area contributed by atoms with Gasteiger partial charge in [0.05, 0.1) is 6.10 Å². The summed E-state index contributed by atoms with van der Waals surface area (Å²) in [6.45, 7) is 3.00. The molecule has 0 aromatic heterocycles. The minimum absolute atomic E-state index is 0.0337. The predicted molar refractivity (Wildman–Crippen MR) is 93.9 cm³/mol. The smallest absolute Gasteiger partial charge is 0.115 e. The van der Waals surface area contributed by atoms with E-state index in [0.717, 1.165) is 24.9 Å². The molecule has 0 radical (unpaired) electrons. The van der Waals surface area contributed by atoms with E-state index < -0.39 is 6.10 Å². The maximum absolute atomic E-state index is 10.8. The molecule has 3 rings (SSSR count). The molecule has 1 fully saturated rings. The number of aliphatic hydroxyl groups is 1. The number of phenols is 2. The molecule has 0 spiro atoms. The molecular formula is C20H25NO3. The fourth-order valence-corrected chi connectivity index (χ4v) is 3.63. The van der Waals surface area contributed by atoms with E-state index in [1.54, 1.807) is 36.4 Å². The van der Waals surface area contributed by atoms with E-state index in [1.165, 1.54) is 12.0 Å². The summed E-state index contributed by atoms with van der Waals surface area (Å²) in [6, 6.07) is 14.4. The van der Waals surface area contributed by atoms with Gasteiger partial charge in [-0.15, -0.1) is 0 Å².